The molecule has 0 aromatic heterocycles. The summed E-state index contributed by atoms with van der Waals surface area (Å²) in [6.07, 6.45) is 1.05. The smallest absolute Gasteiger partial charge is 0.168 e. The first-order chi connectivity index (χ1) is 9.24. The SMILES string of the molecule is CCCN(C[C@@H]1COc2ccccc2O1)C(=S)NC. The Bertz CT molecular complexity index is 439. The molecule has 104 valence electrons. The van der Waals surface area contributed by atoms with E-state index in [0.717, 1.165) is 36.1 Å². The van der Waals surface area contributed by atoms with Crippen LogP contribution < -0.4 is 14.8 Å². The molecule has 1 aromatic rings. The molecule has 1 heterocycles. The average molecular weight is 280 g/mol. The Morgan fingerprint density at radius 1 is 1.42 bits per heavy atom. The minimum absolute atomic E-state index is 0.00718. The zero-order valence-electron chi connectivity index (χ0n) is 11.4. The molecule has 19 heavy (non-hydrogen) atoms. The van der Waals surface area contributed by atoms with Crippen LogP contribution >= 0.6 is 12.2 Å². The normalized spacial score (nSPS) is 16.8. The van der Waals surface area contributed by atoms with E-state index in [4.69, 9.17) is 21.7 Å². The van der Waals surface area contributed by atoms with E-state index in [-0.39, 0.29) is 6.10 Å². The van der Waals surface area contributed by atoms with Gasteiger partial charge >= 0.3 is 0 Å². The molecule has 0 fully saturated rings. The number of ether oxygens (including phenoxy) is 2. The third-order valence-corrected chi connectivity index (χ3v) is 3.45. The van der Waals surface area contributed by atoms with Gasteiger partial charge in [-0.05, 0) is 30.8 Å². The highest BCUT2D eigenvalue weighted by Crippen LogP contribution is 2.30. The van der Waals surface area contributed by atoms with Crippen molar-refractivity contribution in [1.29, 1.82) is 0 Å². The molecule has 0 saturated carbocycles. The fourth-order valence-corrected chi connectivity index (χ4v) is 2.27. The van der Waals surface area contributed by atoms with E-state index in [0.29, 0.717) is 6.61 Å². The maximum Gasteiger partial charge on any atom is 0.168 e. The predicted octanol–water partition coefficient (Wildman–Crippen LogP) is 2.04. The molecule has 4 nitrogen and oxygen atoms in total. The summed E-state index contributed by atoms with van der Waals surface area (Å²) in [4.78, 5) is 2.12. The monoisotopic (exact) mass is 280 g/mol. The fraction of sp³-hybridized carbons (Fsp3) is 0.500. The zero-order valence-corrected chi connectivity index (χ0v) is 12.2. The van der Waals surface area contributed by atoms with Crippen LogP contribution in [0.1, 0.15) is 13.3 Å². The Kier molecular flexibility index (Phi) is 4.85. The molecule has 0 amide bonds. The van der Waals surface area contributed by atoms with Gasteiger partial charge in [0.15, 0.2) is 22.7 Å². The van der Waals surface area contributed by atoms with Crippen LogP contribution in [0.5, 0.6) is 11.5 Å². The average Bonchev–Trinajstić information content (AvgIpc) is 2.46. The number of nitrogens with one attached hydrogen (secondary N) is 1. The lowest BCUT2D eigenvalue weighted by atomic mass is 10.2. The summed E-state index contributed by atoms with van der Waals surface area (Å²) in [5.41, 5.74) is 0. The fourth-order valence-electron chi connectivity index (χ4n) is 2.10. The predicted molar refractivity (Wildman–Crippen MR) is 79.9 cm³/mol. The van der Waals surface area contributed by atoms with Crippen molar-refractivity contribution in [3.05, 3.63) is 24.3 Å². The minimum Gasteiger partial charge on any atom is -0.486 e. The van der Waals surface area contributed by atoms with Crippen molar-refractivity contribution < 1.29 is 9.47 Å². The Morgan fingerprint density at radius 2 is 2.16 bits per heavy atom. The Hall–Kier alpha value is -1.49. The summed E-state index contributed by atoms with van der Waals surface area (Å²) in [5, 5.41) is 3.77. The second-order valence-corrected chi connectivity index (χ2v) is 4.89. The molecule has 0 saturated heterocycles. The number of para-hydroxylation sites is 2. The van der Waals surface area contributed by atoms with Gasteiger partial charge < -0.3 is 19.7 Å². The highest BCUT2D eigenvalue weighted by Gasteiger charge is 2.23. The van der Waals surface area contributed by atoms with Gasteiger partial charge in [-0.15, -0.1) is 0 Å². The number of fused-ring (bicyclic) bond motifs is 1. The van der Waals surface area contributed by atoms with Crippen LogP contribution in [0.3, 0.4) is 0 Å². The van der Waals surface area contributed by atoms with E-state index in [2.05, 4.69) is 17.1 Å². The van der Waals surface area contributed by atoms with E-state index in [1.165, 1.54) is 0 Å². The van der Waals surface area contributed by atoms with Crippen LogP contribution in [-0.2, 0) is 0 Å². The Labute approximate surface area is 119 Å². The molecule has 1 aliphatic rings. The van der Waals surface area contributed by atoms with Crippen LogP contribution in [-0.4, -0.2) is 42.9 Å². The second-order valence-electron chi connectivity index (χ2n) is 4.50. The van der Waals surface area contributed by atoms with Crippen molar-refractivity contribution >= 4 is 17.3 Å². The summed E-state index contributed by atoms with van der Waals surface area (Å²) in [5.74, 6) is 1.63. The van der Waals surface area contributed by atoms with Crippen molar-refractivity contribution in [2.75, 3.05) is 26.7 Å². The first-order valence-electron chi connectivity index (χ1n) is 6.59. The number of thiocarbonyl (C=S) groups is 1. The highest BCUT2D eigenvalue weighted by atomic mass is 32.1. The van der Waals surface area contributed by atoms with Gasteiger partial charge in [0.2, 0.25) is 0 Å². The highest BCUT2D eigenvalue weighted by molar-refractivity contribution is 7.80. The third kappa shape index (κ3) is 3.50. The summed E-state index contributed by atoms with van der Waals surface area (Å²) >= 11 is 5.31. The zero-order chi connectivity index (χ0) is 13.7. The molecule has 1 atom stereocenters. The molecular weight excluding hydrogens is 260 g/mol. The Morgan fingerprint density at radius 3 is 2.84 bits per heavy atom. The maximum atomic E-state index is 5.95. The minimum atomic E-state index is 0.00718. The van der Waals surface area contributed by atoms with Gasteiger partial charge in [-0.3, -0.25) is 0 Å². The molecule has 2 rings (SSSR count). The molecule has 1 aliphatic heterocycles. The number of benzene rings is 1. The number of rotatable bonds is 4. The van der Waals surface area contributed by atoms with Gasteiger partial charge in [0, 0.05) is 13.6 Å². The van der Waals surface area contributed by atoms with Crippen LogP contribution in [0.2, 0.25) is 0 Å². The lowest BCUT2D eigenvalue weighted by Gasteiger charge is -2.32. The quantitative estimate of drug-likeness (QED) is 0.854. The first kappa shape index (κ1) is 13.9. The first-order valence-corrected chi connectivity index (χ1v) is 7.00. The lowest BCUT2D eigenvalue weighted by Crippen LogP contribution is -2.46. The Balaban J connectivity index is 1.98. The van der Waals surface area contributed by atoms with Crippen molar-refractivity contribution in [3.8, 4) is 11.5 Å². The van der Waals surface area contributed by atoms with E-state index >= 15 is 0 Å². The summed E-state index contributed by atoms with van der Waals surface area (Å²) in [6.45, 7) is 4.35. The molecule has 0 spiro atoms. The van der Waals surface area contributed by atoms with E-state index < -0.39 is 0 Å². The van der Waals surface area contributed by atoms with E-state index in [1.807, 2.05) is 31.3 Å². The van der Waals surface area contributed by atoms with Gasteiger partial charge in [-0.1, -0.05) is 19.1 Å². The second kappa shape index (κ2) is 6.61. The molecule has 0 radical (unpaired) electrons. The topological polar surface area (TPSA) is 33.7 Å². The van der Waals surface area contributed by atoms with Crippen LogP contribution in [0.4, 0.5) is 0 Å². The number of hydrogen-bond donors (Lipinski definition) is 1. The van der Waals surface area contributed by atoms with Crippen molar-refractivity contribution in [1.82, 2.24) is 10.2 Å². The van der Waals surface area contributed by atoms with E-state index in [1.54, 1.807) is 0 Å². The van der Waals surface area contributed by atoms with Crippen molar-refractivity contribution in [2.45, 2.75) is 19.4 Å². The number of nitrogens with zero attached hydrogens (tertiary/aromatic N) is 1. The van der Waals surface area contributed by atoms with Gasteiger partial charge in [0.25, 0.3) is 0 Å². The summed E-state index contributed by atoms with van der Waals surface area (Å²) < 4.78 is 11.7. The third-order valence-electron chi connectivity index (χ3n) is 2.99. The summed E-state index contributed by atoms with van der Waals surface area (Å²) in [7, 11) is 1.85. The van der Waals surface area contributed by atoms with Gasteiger partial charge in [0.1, 0.15) is 6.61 Å². The van der Waals surface area contributed by atoms with Gasteiger partial charge in [-0.2, -0.15) is 0 Å². The number of hydrogen-bond acceptors (Lipinski definition) is 3. The standard InChI is InChI=1S/C14H20N2O2S/c1-3-8-16(14(19)15-2)9-11-10-17-12-6-4-5-7-13(12)18-11/h4-7,11H,3,8-10H2,1-2H3,(H,15,19)/t11-/m1/s1. The van der Waals surface area contributed by atoms with Gasteiger partial charge in [0.05, 0.1) is 6.54 Å². The molecular formula is C14H20N2O2S. The van der Waals surface area contributed by atoms with Crippen LogP contribution in [0.25, 0.3) is 0 Å². The molecule has 0 aliphatic carbocycles. The molecule has 5 heteroatoms. The molecule has 1 N–H and O–H groups in total. The van der Waals surface area contributed by atoms with Crippen molar-refractivity contribution in [3.63, 3.8) is 0 Å². The van der Waals surface area contributed by atoms with Crippen LogP contribution in [0.15, 0.2) is 24.3 Å². The van der Waals surface area contributed by atoms with E-state index in [9.17, 15) is 0 Å². The largest absolute Gasteiger partial charge is 0.486 e. The maximum absolute atomic E-state index is 5.95. The molecule has 1 aromatic carbocycles. The lowest BCUT2D eigenvalue weighted by molar-refractivity contribution is 0.0741. The summed E-state index contributed by atoms with van der Waals surface area (Å²) in [6, 6.07) is 7.75. The molecule has 0 unspecified atom stereocenters. The van der Waals surface area contributed by atoms with Gasteiger partial charge in [-0.25, -0.2) is 0 Å². The molecule has 0 bridgehead atoms. The van der Waals surface area contributed by atoms with Crippen molar-refractivity contribution in [2.24, 2.45) is 0 Å². The van der Waals surface area contributed by atoms with Crippen LogP contribution in [0, 0.1) is 0 Å².